The summed E-state index contributed by atoms with van der Waals surface area (Å²) in [6.45, 7) is 22.4. The van der Waals surface area contributed by atoms with Gasteiger partial charge in [0.05, 0.1) is 12.2 Å². The molecule has 1 aliphatic rings. The fraction of sp³-hybridized carbons (Fsp3) is 1.00. The van der Waals surface area contributed by atoms with Crippen LogP contribution in [0.5, 0.6) is 0 Å². The van der Waals surface area contributed by atoms with Gasteiger partial charge < -0.3 is 4.74 Å². The Bertz CT molecular complexity index is 278. The van der Waals surface area contributed by atoms with Crippen molar-refractivity contribution >= 4 is 0 Å². The number of ether oxygens (including phenoxy) is 1. The summed E-state index contributed by atoms with van der Waals surface area (Å²) in [7, 11) is 0. The molecule has 0 unspecified atom stereocenters. The van der Waals surface area contributed by atoms with Crippen molar-refractivity contribution in [2.45, 2.75) is 66.5 Å². The Labute approximate surface area is 126 Å². The van der Waals surface area contributed by atoms with Gasteiger partial charge >= 0.3 is 0 Å². The number of piperazine rings is 1. The van der Waals surface area contributed by atoms with Crippen LogP contribution in [0.4, 0.5) is 0 Å². The molecule has 0 spiro atoms. The first-order valence-electron chi connectivity index (χ1n) is 8.17. The number of hydrogen-bond donors (Lipinski definition) is 0. The lowest BCUT2D eigenvalue weighted by Gasteiger charge is -2.41. The third kappa shape index (κ3) is 7.61. The van der Waals surface area contributed by atoms with Gasteiger partial charge in [-0.1, -0.05) is 20.8 Å². The lowest BCUT2D eigenvalue weighted by atomic mass is 9.92. The van der Waals surface area contributed by atoms with Gasteiger partial charge in [-0.15, -0.1) is 0 Å². The summed E-state index contributed by atoms with van der Waals surface area (Å²) in [5, 5.41) is 0. The molecule has 0 amide bonds. The summed E-state index contributed by atoms with van der Waals surface area (Å²) in [6, 6.07) is 0.667. The maximum atomic E-state index is 5.83. The van der Waals surface area contributed by atoms with E-state index in [1.165, 1.54) is 32.6 Å². The van der Waals surface area contributed by atoms with Crippen LogP contribution in [-0.4, -0.2) is 60.8 Å². The summed E-state index contributed by atoms with van der Waals surface area (Å²) in [4.78, 5) is 5.19. The smallest absolute Gasteiger partial charge is 0.0600 e. The van der Waals surface area contributed by atoms with Gasteiger partial charge in [-0.3, -0.25) is 9.80 Å². The van der Waals surface area contributed by atoms with E-state index in [1.807, 2.05) is 0 Å². The molecular formula is C17H36N2O. The van der Waals surface area contributed by atoms with Crippen LogP contribution in [-0.2, 0) is 4.74 Å². The maximum Gasteiger partial charge on any atom is 0.0600 e. The molecule has 1 fully saturated rings. The van der Waals surface area contributed by atoms with Crippen LogP contribution >= 0.6 is 0 Å². The molecule has 1 saturated heterocycles. The number of rotatable bonds is 5. The Kier molecular flexibility index (Phi) is 6.49. The number of hydrogen-bond acceptors (Lipinski definition) is 3. The molecule has 0 radical (unpaired) electrons. The van der Waals surface area contributed by atoms with Crippen molar-refractivity contribution in [2.24, 2.45) is 5.41 Å². The molecule has 120 valence electrons. The first kappa shape index (κ1) is 17.9. The van der Waals surface area contributed by atoms with Crippen molar-refractivity contribution in [3.63, 3.8) is 0 Å². The third-order valence-corrected chi connectivity index (χ3v) is 3.94. The van der Waals surface area contributed by atoms with Crippen molar-refractivity contribution in [3.05, 3.63) is 0 Å². The van der Waals surface area contributed by atoms with E-state index >= 15 is 0 Å². The second kappa shape index (κ2) is 7.24. The van der Waals surface area contributed by atoms with Gasteiger partial charge in [0, 0.05) is 32.2 Å². The highest BCUT2D eigenvalue weighted by Crippen LogP contribution is 2.20. The maximum absolute atomic E-state index is 5.83. The lowest BCUT2D eigenvalue weighted by molar-refractivity contribution is -0.0224. The first-order chi connectivity index (χ1) is 9.07. The monoisotopic (exact) mass is 284 g/mol. The predicted molar refractivity (Wildman–Crippen MR) is 87.3 cm³/mol. The second-order valence-corrected chi connectivity index (χ2v) is 8.46. The summed E-state index contributed by atoms with van der Waals surface area (Å²) in [5.74, 6) is 0. The molecule has 0 bridgehead atoms. The molecule has 3 nitrogen and oxygen atoms in total. The normalized spacial score (nSPS) is 23.2. The van der Waals surface area contributed by atoms with Gasteiger partial charge in [-0.2, -0.15) is 0 Å². The standard InChI is InChI=1S/C17H36N2O/c1-15-14-18(12-13-20-17(5,6)7)10-11-19(15)9-8-16(2,3)4/h15H,8-14H2,1-7H3/t15-/m0/s1. The van der Waals surface area contributed by atoms with Crippen LogP contribution in [0.1, 0.15) is 54.9 Å². The van der Waals surface area contributed by atoms with Crippen LogP contribution in [0.2, 0.25) is 0 Å². The van der Waals surface area contributed by atoms with E-state index in [0.717, 1.165) is 13.2 Å². The quantitative estimate of drug-likeness (QED) is 0.771. The van der Waals surface area contributed by atoms with Crippen LogP contribution in [0.3, 0.4) is 0 Å². The fourth-order valence-corrected chi connectivity index (χ4v) is 2.57. The highest BCUT2D eigenvalue weighted by molar-refractivity contribution is 4.80. The van der Waals surface area contributed by atoms with E-state index in [-0.39, 0.29) is 5.60 Å². The molecule has 0 aromatic carbocycles. The van der Waals surface area contributed by atoms with Crippen LogP contribution in [0.25, 0.3) is 0 Å². The second-order valence-electron chi connectivity index (χ2n) is 8.46. The molecule has 0 aromatic heterocycles. The zero-order chi connectivity index (χ0) is 15.4. The van der Waals surface area contributed by atoms with E-state index in [0.29, 0.717) is 11.5 Å². The Morgan fingerprint density at radius 2 is 1.65 bits per heavy atom. The number of nitrogens with zero attached hydrogens (tertiary/aromatic N) is 2. The molecule has 1 atom stereocenters. The average molecular weight is 284 g/mol. The molecule has 20 heavy (non-hydrogen) atoms. The lowest BCUT2D eigenvalue weighted by Crippen LogP contribution is -2.53. The van der Waals surface area contributed by atoms with E-state index in [4.69, 9.17) is 4.74 Å². The minimum Gasteiger partial charge on any atom is -0.375 e. The Morgan fingerprint density at radius 3 is 2.15 bits per heavy atom. The van der Waals surface area contributed by atoms with Gasteiger partial charge in [0.15, 0.2) is 0 Å². The minimum atomic E-state index is -0.0137. The topological polar surface area (TPSA) is 15.7 Å². The summed E-state index contributed by atoms with van der Waals surface area (Å²) >= 11 is 0. The summed E-state index contributed by atoms with van der Waals surface area (Å²) in [6.07, 6.45) is 1.28. The van der Waals surface area contributed by atoms with Crippen molar-refractivity contribution in [3.8, 4) is 0 Å². The van der Waals surface area contributed by atoms with Crippen LogP contribution < -0.4 is 0 Å². The van der Waals surface area contributed by atoms with E-state index in [1.54, 1.807) is 0 Å². The average Bonchev–Trinajstić information content (AvgIpc) is 2.24. The molecule has 3 heteroatoms. The third-order valence-electron chi connectivity index (χ3n) is 3.94. The summed E-state index contributed by atoms with van der Waals surface area (Å²) < 4.78 is 5.83. The molecule has 0 saturated carbocycles. The SMILES string of the molecule is C[C@H]1CN(CCOC(C)(C)C)CCN1CCC(C)(C)C. The molecule has 0 aromatic rings. The van der Waals surface area contributed by atoms with Crippen molar-refractivity contribution < 1.29 is 4.74 Å². The summed E-state index contributed by atoms with van der Waals surface area (Å²) in [5.41, 5.74) is 0.428. The molecule has 1 rings (SSSR count). The van der Waals surface area contributed by atoms with Crippen molar-refractivity contribution in [1.29, 1.82) is 0 Å². The van der Waals surface area contributed by atoms with Crippen molar-refractivity contribution in [2.75, 3.05) is 39.3 Å². The fourth-order valence-electron chi connectivity index (χ4n) is 2.57. The largest absolute Gasteiger partial charge is 0.375 e. The Hall–Kier alpha value is -0.120. The zero-order valence-corrected chi connectivity index (χ0v) is 14.8. The van der Waals surface area contributed by atoms with E-state index in [2.05, 4.69) is 58.3 Å². The molecule has 1 heterocycles. The van der Waals surface area contributed by atoms with Crippen LogP contribution in [0, 0.1) is 5.41 Å². The van der Waals surface area contributed by atoms with Gasteiger partial charge in [0.25, 0.3) is 0 Å². The van der Waals surface area contributed by atoms with Gasteiger partial charge in [0.1, 0.15) is 0 Å². The molecule has 1 aliphatic heterocycles. The molecular weight excluding hydrogens is 248 g/mol. The van der Waals surface area contributed by atoms with Gasteiger partial charge in [-0.25, -0.2) is 0 Å². The van der Waals surface area contributed by atoms with Gasteiger partial charge in [0.2, 0.25) is 0 Å². The Morgan fingerprint density at radius 1 is 1.00 bits per heavy atom. The highest BCUT2D eigenvalue weighted by atomic mass is 16.5. The highest BCUT2D eigenvalue weighted by Gasteiger charge is 2.24. The van der Waals surface area contributed by atoms with E-state index in [9.17, 15) is 0 Å². The minimum absolute atomic E-state index is 0.0137. The Balaban J connectivity index is 2.25. The zero-order valence-electron chi connectivity index (χ0n) is 14.8. The first-order valence-corrected chi connectivity index (χ1v) is 8.17. The van der Waals surface area contributed by atoms with Crippen LogP contribution in [0.15, 0.2) is 0 Å². The predicted octanol–water partition coefficient (Wildman–Crippen LogP) is 3.24. The van der Waals surface area contributed by atoms with E-state index < -0.39 is 0 Å². The molecule has 0 aliphatic carbocycles. The molecule has 0 N–H and O–H groups in total. The van der Waals surface area contributed by atoms with Gasteiger partial charge in [-0.05, 0) is 46.1 Å². The van der Waals surface area contributed by atoms with Crippen molar-refractivity contribution in [1.82, 2.24) is 9.80 Å².